The van der Waals surface area contributed by atoms with Crippen LogP contribution in [0.4, 0.5) is 5.69 Å². The molecule has 3 nitrogen and oxygen atoms in total. The lowest BCUT2D eigenvalue weighted by atomic mass is 10.1. The van der Waals surface area contributed by atoms with Gasteiger partial charge in [0, 0.05) is 0 Å². The van der Waals surface area contributed by atoms with Crippen LogP contribution in [0.1, 0.15) is 11.1 Å². The summed E-state index contributed by atoms with van der Waals surface area (Å²) < 4.78 is 0. The summed E-state index contributed by atoms with van der Waals surface area (Å²) >= 11 is 0. The first kappa shape index (κ1) is 8.10. The summed E-state index contributed by atoms with van der Waals surface area (Å²) in [5.41, 5.74) is 1.00. The van der Waals surface area contributed by atoms with Gasteiger partial charge in [-0.05, 0) is 18.6 Å². The summed E-state index contributed by atoms with van der Waals surface area (Å²) in [5.74, 6) is -0.132. The van der Waals surface area contributed by atoms with E-state index < -0.39 is 0 Å². The monoisotopic (exact) mass is 158 g/mol. The topological polar surface area (TPSA) is 48.4 Å². The molecule has 0 radical (unpaired) electrons. The molecule has 1 aromatic carbocycles. The van der Waals surface area contributed by atoms with Gasteiger partial charge in [-0.3, -0.25) is 0 Å². The van der Waals surface area contributed by atoms with Crippen molar-refractivity contribution in [1.29, 1.82) is 5.26 Å². The molecule has 58 valence electrons. The SMILES string of the molecule is [C-]#[N+]c1c(O)ccc(C)c1C#N. The number of aromatic hydroxyl groups is 1. The summed E-state index contributed by atoms with van der Waals surface area (Å²) in [6, 6.07) is 4.92. The number of rotatable bonds is 0. The van der Waals surface area contributed by atoms with Gasteiger partial charge >= 0.3 is 0 Å². The van der Waals surface area contributed by atoms with E-state index in [-0.39, 0.29) is 17.0 Å². The maximum absolute atomic E-state index is 9.18. The number of phenolic OH excluding ortho intramolecular Hbond substituents is 1. The van der Waals surface area contributed by atoms with E-state index in [4.69, 9.17) is 11.8 Å². The quantitative estimate of drug-likeness (QED) is 0.588. The molecular weight excluding hydrogens is 152 g/mol. The van der Waals surface area contributed by atoms with Crippen molar-refractivity contribution >= 4 is 5.69 Å². The average Bonchev–Trinajstić information content (AvgIpc) is 2.08. The summed E-state index contributed by atoms with van der Waals surface area (Å²) in [6.45, 7) is 8.47. The maximum Gasteiger partial charge on any atom is 0.245 e. The molecule has 0 bridgehead atoms. The van der Waals surface area contributed by atoms with E-state index >= 15 is 0 Å². The van der Waals surface area contributed by atoms with Crippen molar-refractivity contribution in [1.82, 2.24) is 0 Å². The highest BCUT2D eigenvalue weighted by Crippen LogP contribution is 2.31. The Kier molecular flexibility index (Phi) is 1.98. The molecule has 3 heteroatoms. The molecule has 0 fully saturated rings. The Morgan fingerprint density at radius 3 is 2.67 bits per heavy atom. The van der Waals surface area contributed by atoms with E-state index in [1.807, 2.05) is 6.07 Å². The van der Waals surface area contributed by atoms with Crippen LogP contribution in [0.5, 0.6) is 5.75 Å². The van der Waals surface area contributed by atoms with Gasteiger partial charge in [-0.2, -0.15) is 5.26 Å². The van der Waals surface area contributed by atoms with Gasteiger partial charge in [0.05, 0.1) is 18.2 Å². The molecule has 0 saturated carbocycles. The van der Waals surface area contributed by atoms with E-state index in [1.54, 1.807) is 13.0 Å². The van der Waals surface area contributed by atoms with Crippen LogP contribution in [0.3, 0.4) is 0 Å². The van der Waals surface area contributed by atoms with E-state index in [2.05, 4.69) is 4.85 Å². The van der Waals surface area contributed by atoms with Gasteiger partial charge < -0.3 is 5.11 Å². The van der Waals surface area contributed by atoms with Gasteiger partial charge in [-0.15, -0.1) is 0 Å². The van der Waals surface area contributed by atoms with Gasteiger partial charge in [-0.1, -0.05) is 6.07 Å². The van der Waals surface area contributed by atoms with Crippen LogP contribution in [-0.4, -0.2) is 5.11 Å². The van der Waals surface area contributed by atoms with Crippen molar-refractivity contribution in [2.24, 2.45) is 0 Å². The second-order valence-corrected chi connectivity index (χ2v) is 2.35. The minimum atomic E-state index is -0.132. The Morgan fingerprint density at radius 1 is 1.58 bits per heavy atom. The Balaban J connectivity index is 3.55. The molecule has 0 unspecified atom stereocenters. The normalized spacial score (nSPS) is 8.58. The highest BCUT2D eigenvalue weighted by molar-refractivity contribution is 5.68. The minimum Gasteiger partial charge on any atom is -0.519 e. The molecule has 0 amide bonds. The fraction of sp³-hybridized carbons (Fsp3) is 0.111. The van der Waals surface area contributed by atoms with Gasteiger partial charge in [0.25, 0.3) is 0 Å². The van der Waals surface area contributed by atoms with Crippen molar-refractivity contribution in [3.05, 3.63) is 34.7 Å². The Bertz CT molecular complexity index is 357. The number of phenols is 1. The Hall–Kier alpha value is -2.00. The van der Waals surface area contributed by atoms with Crippen LogP contribution in [0.25, 0.3) is 4.85 Å². The first-order valence-electron chi connectivity index (χ1n) is 3.31. The lowest BCUT2D eigenvalue weighted by Crippen LogP contribution is -1.81. The summed E-state index contributed by atoms with van der Waals surface area (Å²) in [7, 11) is 0. The second-order valence-electron chi connectivity index (χ2n) is 2.35. The Morgan fingerprint density at radius 2 is 2.25 bits per heavy atom. The predicted molar refractivity (Wildman–Crippen MR) is 43.8 cm³/mol. The summed E-state index contributed by atoms with van der Waals surface area (Å²) in [5, 5.41) is 17.8. The molecule has 0 aliphatic heterocycles. The third-order valence-corrected chi connectivity index (χ3v) is 1.59. The molecular formula is C9H6N2O. The molecule has 1 aromatic rings. The van der Waals surface area contributed by atoms with E-state index in [9.17, 15) is 5.11 Å². The van der Waals surface area contributed by atoms with Gasteiger partial charge in [0.2, 0.25) is 5.69 Å². The number of nitriles is 1. The van der Waals surface area contributed by atoms with Crippen molar-refractivity contribution in [3.8, 4) is 11.8 Å². The zero-order chi connectivity index (χ0) is 9.14. The molecule has 0 atom stereocenters. The lowest BCUT2D eigenvalue weighted by Gasteiger charge is -2.00. The number of benzene rings is 1. The third kappa shape index (κ3) is 1.09. The first-order valence-corrected chi connectivity index (χ1v) is 3.31. The van der Waals surface area contributed by atoms with Crippen LogP contribution in [0, 0.1) is 24.8 Å². The first-order chi connectivity index (χ1) is 5.70. The van der Waals surface area contributed by atoms with Crippen LogP contribution in [-0.2, 0) is 0 Å². The van der Waals surface area contributed by atoms with E-state index in [1.165, 1.54) is 6.07 Å². The van der Waals surface area contributed by atoms with Crippen molar-refractivity contribution in [3.63, 3.8) is 0 Å². The van der Waals surface area contributed by atoms with Crippen LogP contribution < -0.4 is 0 Å². The highest BCUT2D eigenvalue weighted by atomic mass is 16.3. The number of hydrogen-bond acceptors (Lipinski definition) is 2. The van der Waals surface area contributed by atoms with Crippen LogP contribution in [0.2, 0.25) is 0 Å². The number of nitrogens with zero attached hydrogens (tertiary/aromatic N) is 2. The summed E-state index contributed by atoms with van der Waals surface area (Å²) in [6.07, 6.45) is 0. The summed E-state index contributed by atoms with van der Waals surface area (Å²) in [4.78, 5) is 3.08. The fourth-order valence-electron chi connectivity index (χ4n) is 0.935. The van der Waals surface area contributed by atoms with Gasteiger partial charge in [0.1, 0.15) is 5.75 Å². The second kappa shape index (κ2) is 2.94. The van der Waals surface area contributed by atoms with E-state index in [0.717, 1.165) is 0 Å². The molecule has 1 N–H and O–H groups in total. The number of aryl methyl sites for hydroxylation is 1. The molecule has 1 rings (SSSR count). The fourth-order valence-corrected chi connectivity index (χ4v) is 0.935. The van der Waals surface area contributed by atoms with Crippen LogP contribution >= 0.6 is 0 Å². The molecule has 0 heterocycles. The van der Waals surface area contributed by atoms with Crippen LogP contribution in [0.15, 0.2) is 12.1 Å². The smallest absolute Gasteiger partial charge is 0.245 e. The minimum absolute atomic E-state index is 0.0394. The van der Waals surface area contributed by atoms with Crippen molar-refractivity contribution in [2.75, 3.05) is 0 Å². The predicted octanol–water partition coefficient (Wildman–Crippen LogP) is 2.12. The van der Waals surface area contributed by atoms with Crippen molar-refractivity contribution < 1.29 is 5.11 Å². The molecule has 0 aromatic heterocycles. The lowest BCUT2D eigenvalue weighted by molar-refractivity contribution is 0.478. The molecule has 0 saturated heterocycles. The third-order valence-electron chi connectivity index (χ3n) is 1.59. The van der Waals surface area contributed by atoms with Gasteiger partial charge in [0.15, 0.2) is 0 Å². The van der Waals surface area contributed by atoms with Crippen molar-refractivity contribution in [2.45, 2.75) is 6.92 Å². The average molecular weight is 158 g/mol. The largest absolute Gasteiger partial charge is 0.519 e. The zero-order valence-corrected chi connectivity index (χ0v) is 6.50. The highest BCUT2D eigenvalue weighted by Gasteiger charge is 2.09. The zero-order valence-electron chi connectivity index (χ0n) is 6.50. The molecule has 0 spiro atoms. The standard InChI is InChI=1S/C9H6N2O/c1-6-3-4-8(12)9(11-2)7(6)5-10/h3-4,12H,1H3. The van der Waals surface area contributed by atoms with Gasteiger partial charge in [-0.25, -0.2) is 4.85 Å². The molecule has 0 aliphatic rings. The Labute approximate surface area is 70.3 Å². The van der Waals surface area contributed by atoms with E-state index in [0.29, 0.717) is 5.56 Å². The number of hydrogen-bond donors (Lipinski definition) is 1. The molecule has 0 aliphatic carbocycles. The molecule has 12 heavy (non-hydrogen) atoms. The maximum atomic E-state index is 9.18.